The van der Waals surface area contributed by atoms with Crippen molar-refractivity contribution < 1.29 is 4.79 Å². The third kappa shape index (κ3) is 4.30. The molecule has 27 heavy (non-hydrogen) atoms. The smallest absolute Gasteiger partial charge is 0.277 e. The minimum Gasteiger partial charge on any atom is -0.330 e. The van der Waals surface area contributed by atoms with Gasteiger partial charge in [-0.25, -0.2) is 4.98 Å². The molecule has 3 rings (SSSR count). The molecule has 0 fully saturated rings. The molecule has 0 radical (unpaired) electrons. The Morgan fingerprint density at radius 3 is 2.70 bits per heavy atom. The SMILES string of the molecule is CC(C)c1[nH]nc(C(=O)Nc2cccc(Cn3ccnc3C(C)C)c2)c1Br. The number of amides is 1. The molecule has 7 heteroatoms. The molecule has 6 nitrogen and oxygen atoms in total. The average molecular weight is 430 g/mol. The summed E-state index contributed by atoms with van der Waals surface area (Å²) in [6, 6.07) is 7.84. The number of anilines is 1. The van der Waals surface area contributed by atoms with Crippen molar-refractivity contribution in [3.8, 4) is 0 Å². The van der Waals surface area contributed by atoms with Gasteiger partial charge in [0.15, 0.2) is 5.69 Å². The van der Waals surface area contributed by atoms with Crippen LogP contribution in [0.15, 0.2) is 41.1 Å². The molecule has 2 N–H and O–H groups in total. The van der Waals surface area contributed by atoms with E-state index in [0.29, 0.717) is 22.6 Å². The van der Waals surface area contributed by atoms with Crippen LogP contribution in [-0.2, 0) is 6.54 Å². The number of hydrogen-bond acceptors (Lipinski definition) is 3. The maximum absolute atomic E-state index is 12.6. The highest BCUT2D eigenvalue weighted by molar-refractivity contribution is 9.10. The van der Waals surface area contributed by atoms with E-state index in [4.69, 9.17) is 0 Å². The lowest BCUT2D eigenvalue weighted by Crippen LogP contribution is -2.13. The second-order valence-electron chi connectivity index (χ2n) is 7.18. The van der Waals surface area contributed by atoms with Crippen molar-refractivity contribution in [3.05, 3.63) is 63.9 Å². The molecule has 2 heterocycles. The predicted octanol–water partition coefficient (Wildman–Crippen LogP) is 4.92. The fraction of sp³-hybridized carbons (Fsp3) is 0.350. The van der Waals surface area contributed by atoms with Crippen molar-refractivity contribution in [1.29, 1.82) is 0 Å². The molecule has 2 aromatic heterocycles. The third-order valence-electron chi connectivity index (χ3n) is 4.33. The normalized spacial score (nSPS) is 11.4. The maximum atomic E-state index is 12.6. The number of halogens is 1. The van der Waals surface area contributed by atoms with E-state index < -0.39 is 0 Å². The highest BCUT2D eigenvalue weighted by Gasteiger charge is 2.19. The first-order valence-electron chi connectivity index (χ1n) is 9.02. The summed E-state index contributed by atoms with van der Waals surface area (Å²) in [4.78, 5) is 17.0. The standard InChI is InChI=1S/C20H24BrN5O/c1-12(2)17-16(21)18(25-24-17)20(27)23-15-7-5-6-14(10-15)11-26-9-8-22-19(26)13(3)4/h5-10,12-13H,11H2,1-4H3,(H,23,27)(H,24,25). The molecule has 142 valence electrons. The van der Waals surface area contributed by atoms with Gasteiger partial charge in [-0.05, 0) is 39.5 Å². The van der Waals surface area contributed by atoms with E-state index in [-0.39, 0.29) is 11.8 Å². The van der Waals surface area contributed by atoms with Gasteiger partial charge in [0.05, 0.1) is 10.2 Å². The van der Waals surface area contributed by atoms with Gasteiger partial charge in [-0.15, -0.1) is 0 Å². The number of carbonyl (C=O) groups excluding carboxylic acids is 1. The number of aromatic amines is 1. The lowest BCUT2D eigenvalue weighted by Gasteiger charge is -2.11. The number of carbonyl (C=O) groups is 1. The molecule has 1 amide bonds. The Kier molecular flexibility index (Phi) is 5.79. The largest absolute Gasteiger partial charge is 0.330 e. The molecule has 0 saturated heterocycles. The van der Waals surface area contributed by atoms with E-state index in [0.717, 1.165) is 22.8 Å². The molecule has 0 aliphatic rings. The van der Waals surface area contributed by atoms with Gasteiger partial charge in [0, 0.05) is 30.5 Å². The van der Waals surface area contributed by atoms with Crippen molar-refractivity contribution in [2.45, 2.75) is 46.1 Å². The van der Waals surface area contributed by atoms with Crippen LogP contribution in [0.3, 0.4) is 0 Å². The van der Waals surface area contributed by atoms with Crippen molar-refractivity contribution in [2.24, 2.45) is 0 Å². The van der Waals surface area contributed by atoms with Gasteiger partial charge in [0.25, 0.3) is 5.91 Å². The second kappa shape index (κ2) is 8.08. The van der Waals surface area contributed by atoms with Gasteiger partial charge in [-0.2, -0.15) is 5.10 Å². The van der Waals surface area contributed by atoms with Gasteiger partial charge in [0.1, 0.15) is 5.82 Å². The van der Waals surface area contributed by atoms with Gasteiger partial charge in [-0.1, -0.05) is 39.8 Å². The molecule has 0 atom stereocenters. The molecule has 0 saturated carbocycles. The summed E-state index contributed by atoms with van der Waals surface area (Å²) in [6.45, 7) is 9.06. The lowest BCUT2D eigenvalue weighted by atomic mass is 10.1. The highest BCUT2D eigenvalue weighted by atomic mass is 79.9. The Balaban J connectivity index is 1.76. The quantitative estimate of drug-likeness (QED) is 0.583. The van der Waals surface area contributed by atoms with Crippen molar-refractivity contribution in [3.63, 3.8) is 0 Å². The Morgan fingerprint density at radius 1 is 1.26 bits per heavy atom. The third-order valence-corrected chi connectivity index (χ3v) is 5.13. The number of nitrogens with zero attached hydrogens (tertiary/aromatic N) is 3. The van der Waals surface area contributed by atoms with Crippen LogP contribution in [0.5, 0.6) is 0 Å². The van der Waals surface area contributed by atoms with Crippen LogP contribution in [0.2, 0.25) is 0 Å². The first-order valence-corrected chi connectivity index (χ1v) is 9.81. The molecule has 0 bridgehead atoms. The number of nitrogens with one attached hydrogen (secondary N) is 2. The van der Waals surface area contributed by atoms with E-state index >= 15 is 0 Å². The number of rotatable bonds is 6. The molecule has 1 aromatic carbocycles. The zero-order chi connectivity index (χ0) is 19.6. The topological polar surface area (TPSA) is 75.6 Å². The molecule has 0 aliphatic heterocycles. The number of H-pyrrole nitrogens is 1. The van der Waals surface area contributed by atoms with Crippen LogP contribution in [0.1, 0.15) is 67.1 Å². The minimum absolute atomic E-state index is 0.243. The molecular weight excluding hydrogens is 406 g/mol. The van der Waals surface area contributed by atoms with Crippen LogP contribution in [0.25, 0.3) is 0 Å². The van der Waals surface area contributed by atoms with Crippen LogP contribution in [0.4, 0.5) is 5.69 Å². The van der Waals surface area contributed by atoms with Crippen molar-refractivity contribution >= 4 is 27.5 Å². The Bertz CT molecular complexity index is 942. The van der Waals surface area contributed by atoms with Crippen LogP contribution in [-0.4, -0.2) is 25.7 Å². The number of imidazole rings is 1. The number of benzene rings is 1. The summed E-state index contributed by atoms with van der Waals surface area (Å²) in [5.74, 6) is 1.41. The molecule has 0 spiro atoms. The maximum Gasteiger partial charge on any atom is 0.277 e. The van der Waals surface area contributed by atoms with Gasteiger partial charge in [0.2, 0.25) is 0 Å². The first-order chi connectivity index (χ1) is 12.9. The van der Waals surface area contributed by atoms with E-state index in [9.17, 15) is 4.79 Å². The first kappa shape index (κ1) is 19.4. The van der Waals surface area contributed by atoms with Gasteiger partial charge >= 0.3 is 0 Å². The van der Waals surface area contributed by atoms with Crippen LogP contribution in [0, 0.1) is 0 Å². The van der Waals surface area contributed by atoms with Crippen LogP contribution >= 0.6 is 15.9 Å². The second-order valence-corrected chi connectivity index (χ2v) is 7.97. The van der Waals surface area contributed by atoms with Gasteiger partial charge in [-0.3, -0.25) is 9.89 Å². The summed E-state index contributed by atoms with van der Waals surface area (Å²) in [5, 5.41) is 10.0. The minimum atomic E-state index is -0.243. The fourth-order valence-corrected chi connectivity index (χ4v) is 3.78. The molecular formula is C20H24BrN5O. The zero-order valence-corrected chi connectivity index (χ0v) is 17.5. The van der Waals surface area contributed by atoms with E-state index in [1.54, 1.807) is 0 Å². The van der Waals surface area contributed by atoms with E-state index in [1.807, 2.05) is 50.5 Å². The van der Waals surface area contributed by atoms with Crippen molar-refractivity contribution in [2.75, 3.05) is 5.32 Å². The molecule has 0 aliphatic carbocycles. The summed E-state index contributed by atoms with van der Waals surface area (Å²) in [5.41, 5.74) is 3.11. The number of aromatic nitrogens is 4. The molecule has 0 unspecified atom stereocenters. The summed E-state index contributed by atoms with van der Waals surface area (Å²) >= 11 is 3.48. The zero-order valence-electron chi connectivity index (χ0n) is 16.0. The Morgan fingerprint density at radius 2 is 2.04 bits per heavy atom. The predicted molar refractivity (Wildman–Crippen MR) is 110 cm³/mol. The molecule has 3 aromatic rings. The monoisotopic (exact) mass is 429 g/mol. The lowest BCUT2D eigenvalue weighted by molar-refractivity contribution is 0.102. The van der Waals surface area contributed by atoms with Gasteiger partial charge < -0.3 is 9.88 Å². The van der Waals surface area contributed by atoms with Crippen molar-refractivity contribution in [1.82, 2.24) is 19.7 Å². The van der Waals surface area contributed by atoms with E-state index in [1.165, 1.54) is 0 Å². The van der Waals surface area contributed by atoms with Crippen LogP contribution < -0.4 is 5.32 Å². The summed E-state index contributed by atoms with van der Waals surface area (Å²) in [7, 11) is 0. The Hall–Kier alpha value is -2.41. The average Bonchev–Trinajstić information content (AvgIpc) is 3.21. The summed E-state index contributed by atoms with van der Waals surface area (Å²) in [6.07, 6.45) is 3.80. The fourth-order valence-electron chi connectivity index (χ4n) is 2.96. The Labute approximate surface area is 167 Å². The summed E-state index contributed by atoms with van der Waals surface area (Å²) < 4.78 is 2.84. The highest BCUT2D eigenvalue weighted by Crippen LogP contribution is 2.26. The number of hydrogen-bond donors (Lipinski definition) is 2. The van der Waals surface area contributed by atoms with E-state index in [2.05, 4.69) is 54.8 Å².